The third-order valence-corrected chi connectivity index (χ3v) is 4.41. The lowest BCUT2D eigenvalue weighted by atomic mass is 9.86. The molecule has 3 aromatic rings. The van der Waals surface area contributed by atoms with Crippen LogP contribution in [0.5, 0.6) is 11.5 Å². The van der Waals surface area contributed by atoms with Gasteiger partial charge in [0.2, 0.25) is 5.91 Å². The fourth-order valence-corrected chi connectivity index (χ4v) is 3.11. The van der Waals surface area contributed by atoms with Crippen molar-refractivity contribution < 1.29 is 15.0 Å². The maximum absolute atomic E-state index is 13.0. The Bertz CT molecular complexity index is 916. The van der Waals surface area contributed by atoms with Gasteiger partial charge in [-0.2, -0.15) is 0 Å². The van der Waals surface area contributed by atoms with Crippen LogP contribution in [0.4, 0.5) is 0 Å². The van der Waals surface area contributed by atoms with E-state index in [0.29, 0.717) is 18.0 Å². The molecule has 0 bridgehead atoms. The minimum atomic E-state index is -0.666. The fourth-order valence-electron chi connectivity index (χ4n) is 3.11. The highest BCUT2D eigenvalue weighted by Gasteiger charge is 2.27. The normalized spacial score (nSPS) is 12.3. The number of phenols is 2. The Labute approximate surface area is 153 Å². The van der Waals surface area contributed by atoms with Gasteiger partial charge < -0.3 is 15.5 Å². The summed E-state index contributed by atoms with van der Waals surface area (Å²) in [5.74, 6) is -0.296. The lowest BCUT2D eigenvalue weighted by Crippen LogP contribution is -2.32. The van der Waals surface area contributed by atoms with Crippen LogP contribution >= 0.6 is 0 Å². The molecule has 4 nitrogen and oxygen atoms in total. The molecule has 1 atom stereocenters. The number of aromatic hydroxyl groups is 2. The van der Waals surface area contributed by atoms with Crippen LogP contribution in [-0.2, 0) is 4.79 Å². The number of fused-ring (bicyclic) bond motifs is 1. The number of phenolic OH excluding ortho intramolecular Hbond substituents is 2. The largest absolute Gasteiger partial charge is 0.508 e. The molecule has 0 heterocycles. The molecule has 0 saturated heterocycles. The summed E-state index contributed by atoms with van der Waals surface area (Å²) in [6.07, 6.45) is 0. The first-order valence-corrected chi connectivity index (χ1v) is 8.74. The highest BCUT2D eigenvalue weighted by atomic mass is 16.3. The van der Waals surface area contributed by atoms with E-state index in [4.69, 9.17) is 0 Å². The van der Waals surface area contributed by atoms with Gasteiger partial charge in [0.15, 0.2) is 0 Å². The Balaban J connectivity index is 2.16. The van der Waals surface area contributed by atoms with Gasteiger partial charge in [0.25, 0.3) is 0 Å². The summed E-state index contributed by atoms with van der Waals surface area (Å²) in [5.41, 5.74) is 1.30. The second-order valence-electron chi connectivity index (χ2n) is 6.88. The third-order valence-electron chi connectivity index (χ3n) is 4.41. The van der Waals surface area contributed by atoms with Crippen molar-refractivity contribution in [3.8, 4) is 11.5 Å². The summed E-state index contributed by atoms with van der Waals surface area (Å²) in [4.78, 5) is 13.0. The Kier molecular flexibility index (Phi) is 5.12. The van der Waals surface area contributed by atoms with Crippen molar-refractivity contribution in [3.63, 3.8) is 0 Å². The van der Waals surface area contributed by atoms with Crippen LogP contribution in [0.25, 0.3) is 10.8 Å². The lowest BCUT2D eigenvalue weighted by molar-refractivity contribution is -0.121. The molecule has 0 saturated carbocycles. The molecule has 0 aromatic heterocycles. The molecule has 1 amide bonds. The number of benzene rings is 3. The van der Waals surface area contributed by atoms with Crippen LogP contribution in [0, 0.1) is 5.92 Å². The minimum Gasteiger partial charge on any atom is -0.508 e. The van der Waals surface area contributed by atoms with Gasteiger partial charge in [-0.05, 0) is 40.5 Å². The first-order chi connectivity index (χ1) is 12.5. The predicted molar refractivity (Wildman–Crippen MR) is 103 cm³/mol. The molecule has 3 rings (SSSR count). The summed E-state index contributed by atoms with van der Waals surface area (Å²) >= 11 is 0. The van der Waals surface area contributed by atoms with Crippen LogP contribution < -0.4 is 5.32 Å². The number of carbonyl (C=O) groups excluding carboxylic acids is 1. The van der Waals surface area contributed by atoms with E-state index in [1.54, 1.807) is 30.3 Å². The van der Waals surface area contributed by atoms with Crippen LogP contribution in [-0.4, -0.2) is 22.7 Å². The second-order valence-corrected chi connectivity index (χ2v) is 6.88. The number of nitrogens with one attached hydrogen (secondary N) is 1. The standard InChI is InChI=1S/C22H23NO3/c1-14(2)13-23-22(26)20(16-7-10-17(24)11-8-16)21-18-6-4-3-5-15(18)9-12-19(21)25/h3-12,14,20,24-25H,13H2,1-2H3,(H,23,26). The molecule has 4 heteroatoms. The third kappa shape index (κ3) is 3.64. The molecule has 0 aliphatic heterocycles. The Morgan fingerprint density at radius 2 is 1.65 bits per heavy atom. The highest BCUT2D eigenvalue weighted by Crippen LogP contribution is 2.37. The molecule has 0 fully saturated rings. The monoisotopic (exact) mass is 349 g/mol. The van der Waals surface area contributed by atoms with Gasteiger partial charge in [0.05, 0.1) is 5.92 Å². The summed E-state index contributed by atoms with van der Waals surface area (Å²) in [7, 11) is 0. The van der Waals surface area contributed by atoms with Gasteiger partial charge in [-0.15, -0.1) is 0 Å². The highest BCUT2D eigenvalue weighted by molar-refractivity contribution is 5.96. The number of carbonyl (C=O) groups is 1. The number of hydrogen-bond acceptors (Lipinski definition) is 3. The van der Waals surface area contributed by atoms with Crippen molar-refractivity contribution in [1.82, 2.24) is 5.32 Å². The van der Waals surface area contributed by atoms with Crippen LogP contribution in [0.3, 0.4) is 0 Å². The van der Waals surface area contributed by atoms with Gasteiger partial charge >= 0.3 is 0 Å². The first-order valence-electron chi connectivity index (χ1n) is 8.74. The maximum atomic E-state index is 13.0. The molecular weight excluding hydrogens is 326 g/mol. The van der Waals surface area contributed by atoms with Crippen LogP contribution in [0.1, 0.15) is 30.9 Å². The average molecular weight is 349 g/mol. The molecule has 0 aliphatic carbocycles. The summed E-state index contributed by atoms with van der Waals surface area (Å²) in [5, 5.41) is 25.0. The van der Waals surface area contributed by atoms with Gasteiger partial charge in [-0.3, -0.25) is 4.79 Å². The van der Waals surface area contributed by atoms with Crippen LogP contribution in [0.2, 0.25) is 0 Å². The molecule has 0 spiro atoms. The van der Waals surface area contributed by atoms with Crippen molar-refractivity contribution in [2.75, 3.05) is 6.54 Å². The summed E-state index contributed by atoms with van der Waals surface area (Å²) in [6.45, 7) is 4.62. The van der Waals surface area contributed by atoms with Crippen molar-refractivity contribution in [2.24, 2.45) is 5.92 Å². The summed E-state index contributed by atoms with van der Waals surface area (Å²) in [6, 6.07) is 17.7. The van der Waals surface area contributed by atoms with Crippen molar-refractivity contribution in [3.05, 3.63) is 71.8 Å². The SMILES string of the molecule is CC(C)CNC(=O)C(c1ccc(O)cc1)c1c(O)ccc2ccccc12. The van der Waals surface area contributed by atoms with Gasteiger partial charge in [-0.25, -0.2) is 0 Å². The molecule has 3 aromatic carbocycles. The zero-order valence-electron chi connectivity index (χ0n) is 14.9. The Hall–Kier alpha value is -3.01. The molecule has 26 heavy (non-hydrogen) atoms. The van der Waals surface area contributed by atoms with E-state index >= 15 is 0 Å². The van der Waals surface area contributed by atoms with E-state index < -0.39 is 5.92 Å². The number of rotatable bonds is 5. The Morgan fingerprint density at radius 3 is 2.35 bits per heavy atom. The average Bonchev–Trinajstić information content (AvgIpc) is 2.63. The maximum Gasteiger partial charge on any atom is 0.232 e. The molecule has 0 radical (unpaired) electrons. The zero-order chi connectivity index (χ0) is 18.7. The van der Waals surface area contributed by atoms with Gasteiger partial charge in [-0.1, -0.05) is 56.3 Å². The van der Waals surface area contributed by atoms with Gasteiger partial charge in [0, 0.05) is 12.1 Å². The predicted octanol–water partition coefficient (Wildman–Crippen LogP) is 4.16. The molecule has 1 unspecified atom stereocenters. The molecule has 134 valence electrons. The molecular formula is C22H23NO3. The van der Waals surface area contributed by atoms with Crippen molar-refractivity contribution in [2.45, 2.75) is 19.8 Å². The molecule has 0 aliphatic rings. The second kappa shape index (κ2) is 7.48. The lowest BCUT2D eigenvalue weighted by Gasteiger charge is -2.21. The first kappa shape index (κ1) is 17.8. The number of hydrogen-bond donors (Lipinski definition) is 3. The van der Waals surface area contributed by atoms with Crippen molar-refractivity contribution >= 4 is 16.7 Å². The topological polar surface area (TPSA) is 69.6 Å². The van der Waals surface area contributed by atoms with E-state index in [0.717, 1.165) is 16.3 Å². The van der Waals surface area contributed by atoms with E-state index in [1.807, 2.05) is 44.2 Å². The smallest absolute Gasteiger partial charge is 0.232 e. The number of amides is 1. The Morgan fingerprint density at radius 1 is 0.962 bits per heavy atom. The van der Waals surface area contributed by atoms with E-state index in [2.05, 4.69) is 5.32 Å². The summed E-state index contributed by atoms with van der Waals surface area (Å²) < 4.78 is 0. The molecule has 3 N–H and O–H groups in total. The fraction of sp³-hybridized carbons (Fsp3) is 0.227. The zero-order valence-corrected chi connectivity index (χ0v) is 14.9. The van der Waals surface area contributed by atoms with E-state index in [9.17, 15) is 15.0 Å². The van der Waals surface area contributed by atoms with Crippen LogP contribution in [0.15, 0.2) is 60.7 Å². The quantitative estimate of drug-likeness (QED) is 0.648. The van der Waals surface area contributed by atoms with E-state index in [1.165, 1.54) is 0 Å². The van der Waals surface area contributed by atoms with Crippen molar-refractivity contribution in [1.29, 1.82) is 0 Å². The van der Waals surface area contributed by atoms with Gasteiger partial charge in [0.1, 0.15) is 11.5 Å². The van der Waals surface area contributed by atoms with E-state index in [-0.39, 0.29) is 17.4 Å². The minimum absolute atomic E-state index is 0.0847.